The number of carbonyl (C=O) groups is 2. The number of aliphatic carboxylic acids is 1. The lowest BCUT2D eigenvalue weighted by molar-refractivity contribution is -0.137. The first-order valence-corrected chi connectivity index (χ1v) is 10.5. The molecule has 36 heavy (non-hydrogen) atoms. The summed E-state index contributed by atoms with van der Waals surface area (Å²) < 4.78 is 6.91. The summed E-state index contributed by atoms with van der Waals surface area (Å²) in [6.45, 7) is -0.520. The highest BCUT2D eigenvalue weighted by atomic mass is 35.5. The van der Waals surface area contributed by atoms with Crippen LogP contribution in [0.25, 0.3) is 28.0 Å². The van der Waals surface area contributed by atoms with Gasteiger partial charge < -0.3 is 15.9 Å². The molecule has 0 saturated heterocycles. The quantitative estimate of drug-likeness (QED) is 0.286. The van der Waals surface area contributed by atoms with E-state index in [0.717, 1.165) is 9.25 Å². The standard InChI is InChI=1S/C21H14ClN9O5/c22-12-7-3-1-5-10(12)17-16(25-29-31(17)19-18(23)27-36-28-19)20(34)26-24-15-11-6-2-4-8-13(11)30(21(15)35)9-14(32)33/h1-8,35H,9H2,(H2,23,27)(H,32,33). The number of carbonyl (C=O) groups excluding carboxylic acids is 1. The Balaban J connectivity index is 1.61. The minimum atomic E-state index is -1.17. The first-order chi connectivity index (χ1) is 17.4. The number of rotatable bonds is 6. The van der Waals surface area contributed by atoms with E-state index in [4.69, 9.17) is 17.3 Å². The Bertz CT molecular complexity index is 1670. The molecule has 0 saturated carbocycles. The number of aromatic hydroxyl groups is 1. The second-order valence-corrected chi connectivity index (χ2v) is 7.73. The van der Waals surface area contributed by atoms with Gasteiger partial charge in [0.15, 0.2) is 11.4 Å². The van der Waals surface area contributed by atoms with E-state index in [9.17, 15) is 19.8 Å². The fourth-order valence-corrected chi connectivity index (χ4v) is 3.84. The Morgan fingerprint density at radius 1 is 1.11 bits per heavy atom. The number of carboxylic acid groups (broad SMARTS) is 1. The highest BCUT2D eigenvalue weighted by Gasteiger charge is 2.27. The highest BCUT2D eigenvalue weighted by molar-refractivity contribution is 6.33. The monoisotopic (exact) mass is 507 g/mol. The third kappa shape index (κ3) is 3.80. The molecule has 0 bridgehead atoms. The number of halogens is 1. The van der Waals surface area contributed by atoms with E-state index in [1.165, 1.54) is 0 Å². The number of para-hydroxylation sites is 1. The predicted molar refractivity (Wildman–Crippen MR) is 124 cm³/mol. The molecule has 4 N–H and O–H groups in total. The summed E-state index contributed by atoms with van der Waals surface area (Å²) in [5.74, 6) is -2.70. The van der Waals surface area contributed by atoms with Crippen molar-refractivity contribution in [3.05, 3.63) is 59.2 Å². The molecule has 0 unspecified atom stereocenters. The van der Waals surface area contributed by atoms with Crippen molar-refractivity contribution in [3.63, 3.8) is 0 Å². The van der Waals surface area contributed by atoms with Crippen molar-refractivity contribution in [2.75, 3.05) is 5.73 Å². The first-order valence-electron chi connectivity index (χ1n) is 10.1. The molecule has 0 aliphatic rings. The zero-order chi connectivity index (χ0) is 25.4. The zero-order valence-electron chi connectivity index (χ0n) is 18.0. The molecule has 3 aromatic heterocycles. The highest BCUT2D eigenvalue weighted by Crippen LogP contribution is 2.39. The van der Waals surface area contributed by atoms with Crippen LogP contribution in [0.1, 0.15) is 10.5 Å². The average Bonchev–Trinajstić information content (AvgIpc) is 3.54. The number of hydrogen-bond donors (Lipinski definition) is 3. The van der Waals surface area contributed by atoms with Crippen molar-refractivity contribution in [1.82, 2.24) is 29.9 Å². The topological polar surface area (TPSA) is 200 Å². The molecule has 2 aromatic carbocycles. The van der Waals surface area contributed by atoms with Crippen LogP contribution in [0.2, 0.25) is 5.02 Å². The number of nitrogen functional groups attached to an aromatic ring is 1. The fraction of sp³-hybridized carbons (Fsp3) is 0.0476. The van der Waals surface area contributed by atoms with E-state index in [1.807, 2.05) is 0 Å². The summed E-state index contributed by atoms with van der Waals surface area (Å²) in [5.41, 5.74) is 6.33. The molecule has 5 aromatic rings. The van der Waals surface area contributed by atoms with Gasteiger partial charge in [-0.05, 0) is 22.4 Å². The van der Waals surface area contributed by atoms with Gasteiger partial charge in [0.1, 0.15) is 12.2 Å². The maximum atomic E-state index is 13.1. The number of fused-ring (bicyclic) bond motifs is 1. The van der Waals surface area contributed by atoms with Gasteiger partial charge in [0, 0.05) is 10.9 Å². The average molecular weight is 508 g/mol. The van der Waals surface area contributed by atoms with Gasteiger partial charge in [-0.15, -0.1) is 15.3 Å². The molecule has 0 aliphatic heterocycles. The van der Waals surface area contributed by atoms with Crippen molar-refractivity contribution in [1.29, 1.82) is 0 Å². The van der Waals surface area contributed by atoms with Crippen LogP contribution in [0.15, 0.2) is 63.4 Å². The lowest BCUT2D eigenvalue weighted by Crippen LogP contribution is -2.07. The van der Waals surface area contributed by atoms with Crippen molar-refractivity contribution in [3.8, 4) is 23.0 Å². The summed E-state index contributed by atoms with van der Waals surface area (Å²) in [4.78, 5) is 24.4. The molecule has 1 amide bonds. The molecule has 15 heteroatoms. The van der Waals surface area contributed by atoms with Crippen LogP contribution < -0.4 is 5.73 Å². The molecular formula is C21H14ClN9O5. The normalized spacial score (nSPS) is 11.5. The van der Waals surface area contributed by atoms with Gasteiger partial charge >= 0.3 is 11.9 Å². The number of carboxylic acids is 1. The lowest BCUT2D eigenvalue weighted by atomic mass is 10.1. The van der Waals surface area contributed by atoms with Crippen LogP contribution in [0, 0.1) is 0 Å². The molecule has 180 valence electrons. The van der Waals surface area contributed by atoms with E-state index in [1.54, 1.807) is 48.5 Å². The Morgan fingerprint density at radius 3 is 2.58 bits per heavy atom. The number of benzene rings is 2. The molecule has 0 radical (unpaired) electrons. The molecular weight excluding hydrogens is 494 g/mol. The number of nitrogens with zero attached hydrogens (tertiary/aromatic N) is 8. The van der Waals surface area contributed by atoms with E-state index < -0.39 is 24.3 Å². The first kappa shape index (κ1) is 22.7. The zero-order valence-corrected chi connectivity index (χ0v) is 18.7. The van der Waals surface area contributed by atoms with Crippen LogP contribution in [-0.4, -0.2) is 52.0 Å². The van der Waals surface area contributed by atoms with Gasteiger partial charge in [0.05, 0.1) is 10.5 Å². The number of nitrogens with two attached hydrogens (primary N) is 1. The van der Waals surface area contributed by atoms with Crippen LogP contribution in [0.5, 0.6) is 5.88 Å². The molecule has 0 fully saturated rings. The van der Waals surface area contributed by atoms with Gasteiger partial charge in [-0.1, -0.05) is 53.2 Å². The molecule has 0 aliphatic carbocycles. The molecule has 5 rings (SSSR count). The van der Waals surface area contributed by atoms with E-state index in [2.05, 4.69) is 35.5 Å². The summed E-state index contributed by atoms with van der Waals surface area (Å²) in [7, 11) is 0. The summed E-state index contributed by atoms with van der Waals surface area (Å²) in [6, 6.07) is 13.2. The summed E-state index contributed by atoms with van der Waals surface area (Å²) >= 11 is 6.36. The Kier molecular flexibility index (Phi) is 5.62. The van der Waals surface area contributed by atoms with Gasteiger partial charge in [-0.3, -0.25) is 14.2 Å². The Labute approximate surface area is 205 Å². The van der Waals surface area contributed by atoms with E-state index in [-0.39, 0.29) is 33.7 Å². The number of aromatic nitrogens is 6. The minimum absolute atomic E-state index is 0.0252. The number of anilines is 1. The number of amides is 1. The maximum Gasteiger partial charge on any atom is 0.323 e. The van der Waals surface area contributed by atoms with Crippen LogP contribution in [-0.2, 0) is 11.3 Å². The summed E-state index contributed by atoms with van der Waals surface area (Å²) in [6.07, 6.45) is 0. The van der Waals surface area contributed by atoms with Gasteiger partial charge in [-0.25, -0.2) is 4.63 Å². The molecule has 3 heterocycles. The van der Waals surface area contributed by atoms with Crippen molar-refractivity contribution < 1.29 is 24.4 Å². The second kappa shape index (κ2) is 8.92. The third-order valence-corrected chi connectivity index (χ3v) is 5.48. The van der Waals surface area contributed by atoms with Crippen molar-refractivity contribution >= 4 is 45.9 Å². The van der Waals surface area contributed by atoms with E-state index >= 15 is 0 Å². The SMILES string of the molecule is Nc1nonc1-n1nnc(C(=O)N=Nc2c(O)n(CC(=O)O)c3ccccc23)c1-c1ccccc1Cl. The number of hydrogen-bond acceptors (Lipinski definition) is 10. The third-order valence-electron chi connectivity index (χ3n) is 5.15. The largest absolute Gasteiger partial charge is 0.493 e. The van der Waals surface area contributed by atoms with Gasteiger partial charge in [-0.2, -0.15) is 4.68 Å². The Morgan fingerprint density at radius 2 is 1.86 bits per heavy atom. The molecule has 0 spiro atoms. The van der Waals surface area contributed by atoms with Gasteiger partial charge in [0.2, 0.25) is 17.5 Å². The molecule has 14 nitrogen and oxygen atoms in total. The van der Waals surface area contributed by atoms with Gasteiger partial charge in [0.25, 0.3) is 0 Å². The van der Waals surface area contributed by atoms with Crippen LogP contribution in [0.3, 0.4) is 0 Å². The fourth-order valence-electron chi connectivity index (χ4n) is 3.62. The van der Waals surface area contributed by atoms with Crippen molar-refractivity contribution in [2.45, 2.75) is 6.54 Å². The Hall–Kier alpha value is -5.11. The molecule has 0 atom stereocenters. The smallest absolute Gasteiger partial charge is 0.323 e. The maximum absolute atomic E-state index is 13.1. The predicted octanol–water partition coefficient (Wildman–Crippen LogP) is 3.22. The van der Waals surface area contributed by atoms with Crippen molar-refractivity contribution in [2.24, 2.45) is 10.2 Å². The minimum Gasteiger partial charge on any atom is -0.493 e. The lowest BCUT2D eigenvalue weighted by Gasteiger charge is -2.06. The second-order valence-electron chi connectivity index (χ2n) is 7.33. The number of azo groups is 1. The van der Waals surface area contributed by atoms with E-state index in [0.29, 0.717) is 16.5 Å². The van der Waals surface area contributed by atoms with Crippen LogP contribution >= 0.6 is 11.6 Å². The summed E-state index contributed by atoms with van der Waals surface area (Å²) in [5, 5.41) is 43.2. The van der Waals surface area contributed by atoms with Crippen LogP contribution in [0.4, 0.5) is 11.5 Å².